The molecule has 25 heavy (non-hydrogen) atoms. The predicted molar refractivity (Wildman–Crippen MR) is 93.1 cm³/mol. The van der Waals surface area contributed by atoms with Gasteiger partial charge in [0.2, 0.25) is 5.91 Å². The number of hydrogen-bond donors (Lipinski definition) is 2. The van der Waals surface area contributed by atoms with Gasteiger partial charge in [-0.05, 0) is 23.3 Å². The predicted octanol–water partition coefficient (Wildman–Crippen LogP) is 2.29. The van der Waals surface area contributed by atoms with Crippen LogP contribution in [0.4, 0.5) is 0 Å². The number of carboxylic acids is 1. The fourth-order valence-corrected chi connectivity index (χ4v) is 2.52. The largest absolute Gasteiger partial charge is 0.480 e. The summed E-state index contributed by atoms with van der Waals surface area (Å²) < 4.78 is 4.75. The Morgan fingerprint density at radius 3 is 2.48 bits per heavy atom. The summed E-state index contributed by atoms with van der Waals surface area (Å²) in [6, 6.07) is 12.4. The van der Waals surface area contributed by atoms with E-state index in [1.54, 1.807) is 6.92 Å². The van der Waals surface area contributed by atoms with E-state index in [0.29, 0.717) is 0 Å². The summed E-state index contributed by atoms with van der Waals surface area (Å²) in [5.74, 6) is -2.07. The van der Waals surface area contributed by atoms with Crippen molar-refractivity contribution in [2.75, 3.05) is 6.61 Å². The first-order valence-electron chi connectivity index (χ1n) is 8.15. The molecule has 2 aromatic carbocycles. The molecule has 0 heterocycles. The molecule has 0 aromatic heterocycles. The fourth-order valence-electron chi connectivity index (χ4n) is 2.52. The van der Waals surface area contributed by atoms with Crippen LogP contribution in [-0.2, 0) is 25.5 Å². The van der Waals surface area contributed by atoms with Crippen molar-refractivity contribution in [1.29, 1.82) is 0 Å². The highest BCUT2D eigenvalue weighted by atomic mass is 16.5. The normalized spacial score (nSPS) is 11.7. The Balaban J connectivity index is 1.98. The number of hydrogen-bond acceptors (Lipinski definition) is 4. The van der Waals surface area contributed by atoms with E-state index < -0.39 is 23.9 Å². The molecule has 0 spiro atoms. The Morgan fingerprint density at radius 1 is 1.08 bits per heavy atom. The van der Waals surface area contributed by atoms with Crippen molar-refractivity contribution in [2.45, 2.75) is 32.2 Å². The highest BCUT2D eigenvalue weighted by Gasteiger charge is 2.21. The maximum absolute atomic E-state index is 11.9. The lowest BCUT2D eigenvalue weighted by Gasteiger charge is -2.15. The van der Waals surface area contributed by atoms with Gasteiger partial charge in [-0.3, -0.25) is 9.59 Å². The lowest BCUT2D eigenvalue weighted by molar-refractivity contribution is -0.144. The van der Waals surface area contributed by atoms with Crippen molar-refractivity contribution in [1.82, 2.24) is 5.32 Å². The zero-order valence-corrected chi connectivity index (χ0v) is 14.0. The number of nitrogens with one attached hydrogen (secondary N) is 1. The standard InChI is InChI=1S/C19H21NO5/c1-2-25-18(22)10-9-17(21)20-16(19(23)24)12-13-7-8-14-5-3-4-6-15(14)11-13/h3-8,11,16H,2,9-10,12H2,1H3,(H,20,21)(H,23,24)/t16-/m0/s1. The average molecular weight is 343 g/mol. The Hall–Kier alpha value is -2.89. The topological polar surface area (TPSA) is 92.7 Å². The summed E-state index contributed by atoms with van der Waals surface area (Å²) in [4.78, 5) is 34.6. The Bertz CT molecular complexity index is 771. The van der Waals surface area contributed by atoms with Crippen LogP contribution in [0.15, 0.2) is 42.5 Å². The summed E-state index contributed by atoms with van der Waals surface area (Å²) in [5.41, 5.74) is 0.816. The van der Waals surface area contributed by atoms with Crippen LogP contribution in [0, 0.1) is 0 Å². The van der Waals surface area contributed by atoms with Crippen LogP contribution in [0.2, 0.25) is 0 Å². The number of carbonyl (C=O) groups is 3. The highest BCUT2D eigenvalue weighted by Crippen LogP contribution is 2.16. The van der Waals surface area contributed by atoms with E-state index >= 15 is 0 Å². The first kappa shape index (κ1) is 18.4. The van der Waals surface area contributed by atoms with Crippen molar-refractivity contribution in [3.05, 3.63) is 48.0 Å². The molecule has 2 aromatic rings. The van der Waals surface area contributed by atoms with Crippen LogP contribution < -0.4 is 5.32 Å². The number of ether oxygens (including phenoxy) is 1. The third-order valence-electron chi connectivity index (χ3n) is 3.75. The molecule has 6 heteroatoms. The second kappa shape index (κ2) is 8.82. The molecule has 0 aliphatic heterocycles. The number of aliphatic carboxylic acids is 1. The SMILES string of the molecule is CCOC(=O)CCC(=O)N[C@@H](Cc1ccc2ccccc2c1)C(=O)O. The molecule has 2 N–H and O–H groups in total. The third-order valence-corrected chi connectivity index (χ3v) is 3.75. The Kier molecular flexibility index (Phi) is 6.51. The van der Waals surface area contributed by atoms with Gasteiger partial charge in [-0.15, -0.1) is 0 Å². The number of carbonyl (C=O) groups excluding carboxylic acids is 2. The number of amides is 1. The monoisotopic (exact) mass is 343 g/mol. The van der Waals surface area contributed by atoms with Crippen molar-refractivity contribution in [3.8, 4) is 0 Å². The van der Waals surface area contributed by atoms with Crippen molar-refractivity contribution in [3.63, 3.8) is 0 Å². The minimum Gasteiger partial charge on any atom is -0.480 e. The van der Waals surface area contributed by atoms with E-state index in [0.717, 1.165) is 16.3 Å². The number of carboxylic acid groups (broad SMARTS) is 1. The molecule has 0 aliphatic rings. The van der Waals surface area contributed by atoms with Crippen LogP contribution in [0.1, 0.15) is 25.3 Å². The molecule has 0 radical (unpaired) electrons. The number of benzene rings is 2. The quantitative estimate of drug-likeness (QED) is 0.718. The zero-order chi connectivity index (χ0) is 18.2. The van der Waals surface area contributed by atoms with E-state index in [-0.39, 0.29) is 25.9 Å². The zero-order valence-electron chi connectivity index (χ0n) is 14.0. The lowest BCUT2D eigenvalue weighted by atomic mass is 10.0. The van der Waals surface area contributed by atoms with E-state index in [1.165, 1.54) is 0 Å². The van der Waals surface area contributed by atoms with Crippen LogP contribution in [0.5, 0.6) is 0 Å². The molecule has 1 atom stereocenters. The van der Waals surface area contributed by atoms with Gasteiger partial charge in [-0.25, -0.2) is 4.79 Å². The molecule has 132 valence electrons. The van der Waals surface area contributed by atoms with Gasteiger partial charge in [0.25, 0.3) is 0 Å². The first-order valence-corrected chi connectivity index (χ1v) is 8.15. The molecule has 0 saturated heterocycles. The van der Waals surface area contributed by atoms with Gasteiger partial charge >= 0.3 is 11.9 Å². The average Bonchev–Trinajstić information content (AvgIpc) is 2.59. The maximum Gasteiger partial charge on any atom is 0.326 e. The van der Waals surface area contributed by atoms with Crippen molar-refractivity contribution in [2.24, 2.45) is 0 Å². The molecule has 0 bridgehead atoms. The smallest absolute Gasteiger partial charge is 0.326 e. The summed E-state index contributed by atoms with van der Waals surface area (Å²) in [5, 5.41) is 13.9. The molecule has 6 nitrogen and oxygen atoms in total. The third kappa shape index (κ3) is 5.60. The number of fused-ring (bicyclic) bond motifs is 1. The van der Waals surface area contributed by atoms with Gasteiger partial charge in [0.1, 0.15) is 6.04 Å². The second-order valence-corrected chi connectivity index (χ2v) is 5.65. The summed E-state index contributed by atoms with van der Waals surface area (Å²) >= 11 is 0. The molecule has 0 unspecified atom stereocenters. The van der Waals surface area contributed by atoms with Gasteiger partial charge < -0.3 is 15.2 Å². The van der Waals surface area contributed by atoms with Gasteiger partial charge in [-0.2, -0.15) is 0 Å². The number of rotatable bonds is 8. The Morgan fingerprint density at radius 2 is 1.80 bits per heavy atom. The fraction of sp³-hybridized carbons (Fsp3) is 0.316. The molecule has 0 fully saturated rings. The first-order chi connectivity index (χ1) is 12.0. The summed E-state index contributed by atoms with van der Waals surface area (Å²) in [6.07, 6.45) is 0.00757. The molecule has 0 saturated carbocycles. The van der Waals surface area contributed by atoms with Crippen molar-refractivity contribution < 1.29 is 24.2 Å². The van der Waals surface area contributed by atoms with E-state index in [2.05, 4.69) is 5.32 Å². The van der Waals surface area contributed by atoms with E-state index in [9.17, 15) is 19.5 Å². The maximum atomic E-state index is 11.9. The van der Waals surface area contributed by atoms with Gasteiger partial charge in [-0.1, -0.05) is 42.5 Å². The molecule has 1 amide bonds. The minimum atomic E-state index is -1.11. The van der Waals surface area contributed by atoms with Crippen LogP contribution in [-0.4, -0.2) is 35.6 Å². The second-order valence-electron chi connectivity index (χ2n) is 5.65. The van der Waals surface area contributed by atoms with Gasteiger partial charge in [0.05, 0.1) is 13.0 Å². The van der Waals surface area contributed by atoms with E-state index in [1.807, 2.05) is 42.5 Å². The summed E-state index contributed by atoms with van der Waals surface area (Å²) in [6.45, 7) is 1.93. The number of esters is 1. The summed E-state index contributed by atoms with van der Waals surface area (Å²) in [7, 11) is 0. The van der Waals surface area contributed by atoms with E-state index in [4.69, 9.17) is 4.74 Å². The minimum absolute atomic E-state index is 0.0675. The molecule has 0 aliphatic carbocycles. The molecule has 2 rings (SSSR count). The highest BCUT2D eigenvalue weighted by molar-refractivity contribution is 5.86. The lowest BCUT2D eigenvalue weighted by Crippen LogP contribution is -2.42. The van der Waals surface area contributed by atoms with Crippen LogP contribution in [0.25, 0.3) is 10.8 Å². The van der Waals surface area contributed by atoms with Gasteiger partial charge in [0.15, 0.2) is 0 Å². The van der Waals surface area contributed by atoms with Crippen LogP contribution in [0.3, 0.4) is 0 Å². The Labute approximate surface area is 145 Å². The van der Waals surface area contributed by atoms with Gasteiger partial charge in [0, 0.05) is 12.8 Å². The molecular formula is C19H21NO5. The molecular weight excluding hydrogens is 322 g/mol. The van der Waals surface area contributed by atoms with Crippen molar-refractivity contribution >= 4 is 28.6 Å². The van der Waals surface area contributed by atoms with Crippen LogP contribution >= 0.6 is 0 Å².